The van der Waals surface area contributed by atoms with Crippen LogP contribution in [0.3, 0.4) is 0 Å². The maximum absolute atomic E-state index is 12.9. The van der Waals surface area contributed by atoms with Crippen molar-refractivity contribution in [3.8, 4) is 0 Å². The molecule has 2 amide bonds. The number of benzene rings is 1. The highest BCUT2D eigenvalue weighted by atomic mass is 32.2. The fraction of sp³-hybridized carbons (Fsp3) is 0.500. The number of nitrogens with one attached hydrogen (secondary N) is 1. The van der Waals surface area contributed by atoms with Crippen molar-refractivity contribution >= 4 is 38.2 Å². The number of carbonyl (C=O) groups is 2. The predicted molar refractivity (Wildman–Crippen MR) is 134 cm³/mol. The third-order valence-corrected chi connectivity index (χ3v) is 9.83. The number of thiophene rings is 1. The van der Waals surface area contributed by atoms with E-state index in [1.807, 2.05) is 0 Å². The molecular weight excluding hydrogens is 472 g/mol. The zero-order valence-electron chi connectivity index (χ0n) is 19.8. The third-order valence-electron chi connectivity index (χ3n) is 6.79. The number of piperidine rings is 1. The van der Waals surface area contributed by atoms with Gasteiger partial charge >= 0.3 is 0 Å². The van der Waals surface area contributed by atoms with Gasteiger partial charge in [0.1, 0.15) is 5.00 Å². The molecule has 1 fully saturated rings. The number of fused-ring (bicyclic) bond motifs is 1. The van der Waals surface area contributed by atoms with Gasteiger partial charge in [-0.2, -0.15) is 4.31 Å². The average Bonchev–Trinajstić information content (AvgIpc) is 3.16. The normalized spacial score (nSPS) is 18.1. The van der Waals surface area contributed by atoms with Crippen LogP contribution in [0.25, 0.3) is 0 Å². The quantitative estimate of drug-likeness (QED) is 0.627. The molecule has 0 unspecified atom stereocenters. The van der Waals surface area contributed by atoms with Crippen molar-refractivity contribution in [2.75, 3.05) is 25.0 Å². The van der Waals surface area contributed by atoms with Gasteiger partial charge in [0.2, 0.25) is 10.0 Å². The van der Waals surface area contributed by atoms with Crippen LogP contribution in [0, 0.1) is 5.92 Å². The highest BCUT2D eigenvalue weighted by molar-refractivity contribution is 7.89. The molecule has 0 saturated carbocycles. The van der Waals surface area contributed by atoms with Crippen LogP contribution in [0.5, 0.6) is 0 Å². The summed E-state index contributed by atoms with van der Waals surface area (Å²) in [5, 5.41) is 3.29. The van der Waals surface area contributed by atoms with Crippen LogP contribution < -0.4 is 11.1 Å². The predicted octanol–water partition coefficient (Wildman–Crippen LogP) is 3.29. The van der Waals surface area contributed by atoms with Crippen molar-refractivity contribution in [3.63, 3.8) is 0 Å². The van der Waals surface area contributed by atoms with Gasteiger partial charge in [-0.05, 0) is 68.9 Å². The summed E-state index contributed by atoms with van der Waals surface area (Å²) in [5.41, 5.74) is 7.29. The van der Waals surface area contributed by atoms with Gasteiger partial charge in [0, 0.05) is 42.7 Å². The lowest BCUT2D eigenvalue weighted by molar-refractivity contribution is 0.0999. The van der Waals surface area contributed by atoms with Crippen LogP contribution in [0.4, 0.5) is 5.00 Å². The summed E-state index contributed by atoms with van der Waals surface area (Å²) in [4.78, 5) is 28.7. The first-order valence-corrected chi connectivity index (χ1v) is 13.9. The Labute approximate surface area is 205 Å². The molecule has 1 aromatic carbocycles. The molecule has 0 bridgehead atoms. The molecule has 2 aliphatic rings. The van der Waals surface area contributed by atoms with Gasteiger partial charge < -0.3 is 11.1 Å². The number of carbonyl (C=O) groups excluding carboxylic acids is 2. The minimum atomic E-state index is -3.58. The molecule has 2 aromatic rings. The molecule has 4 rings (SSSR count). The largest absolute Gasteiger partial charge is 0.365 e. The summed E-state index contributed by atoms with van der Waals surface area (Å²) < 4.78 is 27.4. The Kier molecular flexibility index (Phi) is 7.14. The van der Waals surface area contributed by atoms with Crippen molar-refractivity contribution in [1.82, 2.24) is 9.21 Å². The van der Waals surface area contributed by atoms with Gasteiger partial charge in [0.15, 0.2) is 0 Å². The van der Waals surface area contributed by atoms with Crippen molar-refractivity contribution in [1.29, 1.82) is 0 Å². The number of sulfonamides is 1. The van der Waals surface area contributed by atoms with Crippen molar-refractivity contribution in [3.05, 3.63) is 45.8 Å². The molecule has 3 heterocycles. The van der Waals surface area contributed by atoms with Gasteiger partial charge in [-0.25, -0.2) is 8.42 Å². The average molecular weight is 505 g/mol. The van der Waals surface area contributed by atoms with Crippen molar-refractivity contribution in [2.24, 2.45) is 11.7 Å². The van der Waals surface area contributed by atoms with Gasteiger partial charge in [0.25, 0.3) is 11.8 Å². The van der Waals surface area contributed by atoms with E-state index in [2.05, 4.69) is 31.0 Å². The first-order chi connectivity index (χ1) is 16.1. The van der Waals surface area contributed by atoms with Gasteiger partial charge in [-0.3, -0.25) is 14.5 Å². The first kappa shape index (κ1) is 24.8. The number of hydrogen-bond donors (Lipinski definition) is 2. The molecule has 184 valence electrons. The topological polar surface area (TPSA) is 113 Å². The van der Waals surface area contributed by atoms with Crippen molar-refractivity contribution < 1.29 is 18.0 Å². The van der Waals surface area contributed by atoms with E-state index < -0.39 is 21.8 Å². The summed E-state index contributed by atoms with van der Waals surface area (Å²) in [6.45, 7) is 8.97. The minimum Gasteiger partial charge on any atom is -0.365 e. The second-order valence-electron chi connectivity index (χ2n) is 9.45. The first-order valence-electron chi connectivity index (χ1n) is 11.7. The molecular formula is C24H32N4O4S2. The fourth-order valence-electron chi connectivity index (χ4n) is 4.54. The summed E-state index contributed by atoms with van der Waals surface area (Å²) in [6.07, 6.45) is 2.41. The molecule has 1 aromatic heterocycles. The minimum absolute atomic E-state index is 0.178. The molecule has 2 aliphatic heterocycles. The zero-order valence-corrected chi connectivity index (χ0v) is 21.5. The van der Waals surface area contributed by atoms with E-state index in [1.165, 1.54) is 39.9 Å². The number of nitrogens with zero attached hydrogens (tertiary/aromatic N) is 2. The van der Waals surface area contributed by atoms with E-state index in [1.54, 1.807) is 0 Å². The lowest BCUT2D eigenvalue weighted by Crippen LogP contribution is -2.37. The molecule has 3 N–H and O–H groups in total. The van der Waals surface area contributed by atoms with Gasteiger partial charge in [-0.1, -0.05) is 6.92 Å². The monoisotopic (exact) mass is 504 g/mol. The van der Waals surface area contributed by atoms with Gasteiger partial charge in [0.05, 0.1) is 10.5 Å². The zero-order chi connectivity index (χ0) is 24.6. The van der Waals surface area contributed by atoms with Crippen LogP contribution >= 0.6 is 11.3 Å². The number of primary amides is 1. The molecule has 1 saturated heterocycles. The maximum atomic E-state index is 12.9. The Morgan fingerprint density at radius 1 is 1.12 bits per heavy atom. The van der Waals surface area contributed by atoms with Gasteiger partial charge in [-0.15, -0.1) is 11.3 Å². The molecule has 34 heavy (non-hydrogen) atoms. The number of nitrogens with two attached hydrogens (primary N) is 1. The summed E-state index contributed by atoms with van der Waals surface area (Å²) in [5.74, 6) is -0.431. The van der Waals surface area contributed by atoms with Crippen LogP contribution in [-0.4, -0.2) is 55.1 Å². The lowest BCUT2D eigenvalue weighted by atomic mass is 10.0. The molecule has 0 aliphatic carbocycles. The van der Waals surface area contributed by atoms with E-state index in [0.29, 0.717) is 47.6 Å². The number of amides is 2. The molecule has 8 nitrogen and oxygen atoms in total. The Bertz CT molecular complexity index is 1180. The van der Waals surface area contributed by atoms with Crippen molar-refractivity contribution in [2.45, 2.75) is 57.5 Å². The highest BCUT2D eigenvalue weighted by Crippen LogP contribution is 2.37. The Morgan fingerprint density at radius 3 is 2.35 bits per heavy atom. The molecule has 0 atom stereocenters. The van der Waals surface area contributed by atoms with Crippen LogP contribution in [0.1, 0.15) is 64.8 Å². The number of hydrogen-bond acceptors (Lipinski definition) is 6. The van der Waals surface area contributed by atoms with E-state index in [9.17, 15) is 18.0 Å². The van der Waals surface area contributed by atoms with Crippen LogP contribution in [-0.2, 0) is 23.0 Å². The van der Waals surface area contributed by atoms with Crippen LogP contribution in [0.2, 0.25) is 0 Å². The third kappa shape index (κ3) is 4.91. The maximum Gasteiger partial charge on any atom is 0.256 e. The number of rotatable bonds is 6. The van der Waals surface area contributed by atoms with E-state index in [-0.39, 0.29) is 4.90 Å². The Morgan fingerprint density at radius 2 is 1.76 bits per heavy atom. The smallest absolute Gasteiger partial charge is 0.256 e. The van der Waals surface area contributed by atoms with E-state index in [4.69, 9.17) is 5.73 Å². The Hall–Kier alpha value is -2.27. The second kappa shape index (κ2) is 9.77. The number of anilines is 1. The molecule has 0 spiro atoms. The highest BCUT2D eigenvalue weighted by Gasteiger charge is 2.30. The summed E-state index contributed by atoms with van der Waals surface area (Å²) >= 11 is 1.38. The van der Waals surface area contributed by atoms with E-state index >= 15 is 0 Å². The molecule has 0 radical (unpaired) electrons. The summed E-state index contributed by atoms with van der Waals surface area (Å²) in [6, 6.07) is 6.34. The van der Waals surface area contributed by atoms with Crippen LogP contribution in [0.15, 0.2) is 29.2 Å². The standard InChI is InChI=1S/C24H32N4O4S2/c1-15(2)27-11-10-19-20(14-27)33-24(21(19)22(25)29)26-23(30)17-4-6-18(7-5-17)34(31,32)28-12-8-16(3)9-13-28/h4-7,15-16H,8-14H2,1-3H3,(H2,25,29)(H,26,30). The second-order valence-corrected chi connectivity index (χ2v) is 12.5. The molecule has 10 heteroatoms. The summed E-state index contributed by atoms with van der Waals surface area (Å²) in [7, 11) is -3.58. The van der Waals surface area contributed by atoms with E-state index in [0.717, 1.165) is 36.4 Å². The fourth-order valence-corrected chi connectivity index (χ4v) is 7.28. The Balaban J connectivity index is 1.52. The SMILES string of the molecule is CC1CCN(S(=O)(=O)c2ccc(C(=O)Nc3sc4c(c3C(N)=O)CCN(C(C)C)C4)cc2)CC1. The lowest BCUT2D eigenvalue weighted by Gasteiger charge is -2.30.